The van der Waals surface area contributed by atoms with Gasteiger partial charge in [0.1, 0.15) is 11.5 Å². The number of likely N-dealkylation sites (tertiary alicyclic amines) is 1. The van der Waals surface area contributed by atoms with Gasteiger partial charge in [0.15, 0.2) is 0 Å². The molecule has 4 aromatic rings. The number of pyridine rings is 1. The lowest BCUT2D eigenvalue weighted by molar-refractivity contribution is -0.125. The van der Waals surface area contributed by atoms with Crippen LogP contribution in [0.2, 0.25) is 5.02 Å². The highest BCUT2D eigenvalue weighted by molar-refractivity contribution is 6.32. The largest absolute Gasteiger partial charge is 0.456 e. The van der Waals surface area contributed by atoms with Gasteiger partial charge in [0.05, 0.1) is 34.0 Å². The molecule has 1 fully saturated rings. The van der Waals surface area contributed by atoms with E-state index >= 15 is 0 Å². The standard InChI is InChI=1S/C25H21ClN4O3/c1-2-24(31)28-13-11-18(16-28)30-21-10-12-27-15-22(21)29(25(30)32)17-8-9-23(20(26)14-17)33-19-6-4-3-5-7-19/h2-10,12,14-15,18H,1,11,13,16H2. The van der Waals surface area contributed by atoms with Crippen molar-refractivity contribution in [2.24, 2.45) is 0 Å². The smallest absolute Gasteiger partial charge is 0.334 e. The van der Waals surface area contributed by atoms with Crippen LogP contribution in [0.5, 0.6) is 11.5 Å². The molecule has 0 aliphatic carbocycles. The highest BCUT2D eigenvalue weighted by atomic mass is 35.5. The predicted octanol–water partition coefficient (Wildman–Crippen LogP) is 4.59. The molecule has 0 saturated carbocycles. The van der Waals surface area contributed by atoms with Gasteiger partial charge in [-0.1, -0.05) is 36.4 Å². The summed E-state index contributed by atoms with van der Waals surface area (Å²) in [7, 11) is 0. The van der Waals surface area contributed by atoms with Crippen molar-refractivity contribution in [2.45, 2.75) is 12.5 Å². The van der Waals surface area contributed by atoms with Crippen LogP contribution in [0.1, 0.15) is 12.5 Å². The second-order valence-corrected chi connectivity index (χ2v) is 8.22. The molecule has 5 rings (SSSR count). The summed E-state index contributed by atoms with van der Waals surface area (Å²) < 4.78 is 9.21. The monoisotopic (exact) mass is 460 g/mol. The fraction of sp³-hybridized carbons (Fsp3) is 0.160. The van der Waals surface area contributed by atoms with E-state index in [2.05, 4.69) is 11.6 Å². The Balaban J connectivity index is 1.55. The maximum absolute atomic E-state index is 13.6. The summed E-state index contributed by atoms with van der Waals surface area (Å²) in [6.07, 6.45) is 5.32. The van der Waals surface area contributed by atoms with E-state index in [0.717, 1.165) is 5.52 Å². The van der Waals surface area contributed by atoms with E-state index in [9.17, 15) is 9.59 Å². The van der Waals surface area contributed by atoms with E-state index in [0.29, 0.717) is 47.2 Å². The van der Waals surface area contributed by atoms with Crippen LogP contribution < -0.4 is 10.4 Å². The van der Waals surface area contributed by atoms with Crippen LogP contribution in [0.15, 0.2) is 84.4 Å². The number of hydrogen-bond acceptors (Lipinski definition) is 4. The zero-order valence-corrected chi connectivity index (χ0v) is 18.5. The number of rotatable bonds is 5. The normalized spacial score (nSPS) is 15.7. The number of fused-ring (bicyclic) bond motifs is 1. The third-order valence-electron chi connectivity index (χ3n) is 5.84. The minimum atomic E-state index is -0.205. The molecule has 1 atom stereocenters. The van der Waals surface area contributed by atoms with Gasteiger partial charge in [0.2, 0.25) is 5.91 Å². The molecule has 1 aliphatic rings. The van der Waals surface area contributed by atoms with Crippen LogP contribution >= 0.6 is 11.6 Å². The van der Waals surface area contributed by atoms with Crippen molar-refractivity contribution in [3.8, 4) is 17.2 Å². The first-order chi connectivity index (χ1) is 16.1. The van der Waals surface area contributed by atoms with Crippen molar-refractivity contribution < 1.29 is 9.53 Å². The molecule has 0 spiro atoms. The molecule has 0 N–H and O–H groups in total. The SMILES string of the molecule is C=CC(=O)N1CCC(n2c(=O)n(-c3ccc(Oc4ccccc4)c(Cl)c3)c3cnccc32)C1. The predicted molar refractivity (Wildman–Crippen MR) is 127 cm³/mol. The average molecular weight is 461 g/mol. The van der Waals surface area contributed by atoms with Crippen LogP contribution in [0, 0.1) is 0 Å². The van der Waals surface area contributed by atoms with E-state index in [1.54, 1.807) is 44.6 Å². The number of nitrogens with zero attached hydrogens (tertiary/aromatic N) is 4. The highest BCUT2D eigenvalue weighted by Crippen LogP contribution is 2.32. The molecule has 2 aromatic heterocycles. The molecule has 166 valence electrons. The summed E-state index contributed by atoms with van der Waals surface area (Å²) in [5, 5.41) is 0.386. The molecule has 1 unspecified atom stereocenters. The van der Waals surface area contributed by atoms with E-state index in [1.165, 1.54) is 6.08 Å². The molecule has 2 aromatic carbocycles. The Morgan fingerprint density at radius 1 is 1.15 bits per heavy atom. The zero-order valence-electron chi connectivity index (χ0n) is 17.7. The quantitative estimate of drug-likeness (QED) is 0.408. The molecular weight excluding hydrogens is 440 g/mol. The first kappa shape index (κ1) is 21.0. The van der Waals surface area contributed by atoms with Crippen LogP contribution in [-0.2, 0) is 4.79 Å². The minimum Gasteiger partial charge on any atom is -0.456 e. The van der Waals surface area contributed by atoms with Gasteiger partial charge in [-0.3, -0.25) is 18.9 Å². The highest BCUT2D eigenvalue weighted by Gasteiger charge is 2.30. The third kappa shape index (κ3) is 3.81. The number of hydrogen-bond donors (Lipinski definition) is 0. The Morgan fingerprint density at radius 3 is 2.73 bits per heavy atom. The molecule has 1 amide bonds. The Bertz CT molecular complexity index is 1410. The zero-order chi connectivity index (χ0) is 22.9. The van der Waals surface area contributed by atoms with Crippen molar-refractivity contribution in [3.63, 3.8) is 0 Å². The molecular formula is C25H21ClN4O3. The number of para-hydroxylation sites is 1. The van der Waals surface area contributed by atoms with Crippen LogP contribution in [0.4, 0.5) is 0 Å². The Kier molecular flexibility index (Phi) is 5.48. The lowest BCUT2D eigenvalue weighted by atomic mass is 10.2. The number of imidazole rings is 1. The lowest BCUT2D eigenvalue weighted by Gasteiger charge is -2.15. The van der Waals surface area contributed by atoms with Crippen LogP contribution in [0.25, 0.3) is 16.7 Å². The summed E-state index contributed by atoms with van der Waals surface area (Å²) in [5.74, 6) is 1.04. The molecule has 3 heterocycles. The van der Waals surface area contributed by atoms with Crippen molar-refractivity contribution in [2.75, 3.05) is 13.1 Å². The summed E-state index contributed by atoms with van der Waals surface area (Å²) >= 11 is 6.52. The molecule has 7 nitrogen and oxygen atoms in total. The minimum absolute atomic E-state index is 0.128. The number of halogens is 1. The summed E-state index contributed by atoms with van der Waals surface area (Å²) in [4.78, 5) is 31.6. The molecule has 33 heavy (non-hydrogen) atoms. The fourth-order valence-corrected chi connectivity index (χ4v) is 4.49. The van der Waals surface area contributed by atoms with Gasteiger partial charge in [-0.2, -0.15) is 0 Å². The number of amides is 1. The maximum atomic E-state index is 13.6. The Labute approximate surface area is 195 Å². The van der Waals surface area contributed by atoms with Gasteiger partial charge in [-0.25, -0.2) is 4.79 Å². The van der Waals surface area contributed by atoms with E-state index in [4.69, 9.17) is 16.3 Å². The number of ether oxygens (including phenoxy) is 1. The van der Waals surface area contributed by atoms with Gasteiger partial charge in [0.25, 0.3) is 0 Å². The molecule has 1 aliphatic heterocycles. The summed E-state index contributed by atoms with van der Waals surface area (Å²) in [6, 6.07) is 16.3. The summed E-state index contributed by atoms with van der Waals surface area (Å²) in [5.41, 5.74) is 1.83. The third-order valence-corrected chi connectivity index (χ3v) is 6.13. The van der Waals surface area contributed by atoms with Crippen LogP contribution in [-0.4, -0.2) is 38.0 Å². The van der Waals surface area contributed by atoms with Gasteiger partial charge < -0.3 is 9.64 Å². The molecule has 0 bridgehead atoms. The molecule has 0 radical (unpaired) electrons. The van der Waals surface area contributed by atoms with E-state index < -0.39 is 0 Å². The number of aromatic nitrogens is 3. The topological polar surface area (TPSA) is 69.4 Å². The Morgan fingerprint density at radius 2 is 1.97 bits per heavy atom. The van der Waals surface area contributed by atoms with Gasteiger partial charge in [-0.15, -0.1) is 0 Å². The van der Waals surface area contributed by atoms with Gasteiger partial charge >= 0.3 is 5.69 Å². The first-order valence-electron chi connectivity index (χ1n) is 10.6. The lowest BCUT2D eigenvalue weighted by Crippen LogP contribution is -2.31. The fourth-order valence-electron chi connectivity index (χ4n) is 4.28. The molecule has 1 saturated heterocycles. The summed E-state index contributed by atoms with van der Waals surface area (Å²) in [6.45, 7) is 4.60. The van der Waals surface area contributed by atoms with E-state index in [1.807, 2.05) is 36.4 Å². The van der Waals surface area contributed by atoms with Crippen molar-refractivity contribution in [3.05, 3.63) is 95.2 Å². The van der Waals surface area contributed by atoms with Gasteiger partial charge in [-0.05, 0) is 48.9 Å². The second kappa shape index (κ2) is 8.60. The van der Waals surface area contributed by atoms with Crippen LogP contribution in [0.3, 0.4) is 0 Å². The average Bonchev–Trinajstić information content (AvgIpc) is 3.42. The number of benzene rings is 2. The van der Waals surface area contributed by atoms with Crippen molar-refractivity contribution >= 4 is 28.5 Å². The maximum Gasteiger partial charge on any atom is 0.334 e. The molecule has 8 heteroatoms. The van der Waals surface area contributed by atoms with Gasteiger partial charge in [0, 0.05) is 19.3 Å². The second-order valence-electron chi connectivity index (χ2n) is 7.81. The van der Waals surface area contributed by atoms with Crippen molar-refractivity contribution in [1.82, 2.24) is 19.0 Å². The van der Waals surface area contributed by atoms with Crippen molar-refractivity contribution in [1.29, 1.82) is 0 Å². The number of carbonyl (C=O) groups is 1. The number of carbonyl (C=O) groups excluding carboxylic acids is 1. The first-order valence-corrected chi connectivity index (χ1v) is 11.0. The van der Waals surface area contributed by atoms with E-state index in [-0.39, 0.29) is 17.6 Å². The Hall–Kier alpha value is -3.84.